The molecular weight excluding hydrogens is 204 g/mol. The maximum absolute atomic E-state index is 12.1. The molecule has 1 N–H and O–H groups in total. The van der Waals surface area contributed by atoms with Crippen molar-refractivity contribution in [2.75, 3.05) is 26.2 Å². The van der Waals surface area contributed by atoms with Gasteiger partial charge < -0.3 is 15.0 Å². The lowest BCUT2D eigenvalue weighted by molar-refractivity contribution is -0.146. The van der Waals surface area contributed by atoms with Crippen molar-refractivity contribution in [1.29, 1.82) is 0 Å². The molecule has 0 aromatic rings. The van der Waals surface area contributed by atoms with Gasteiger partial charge in [0.15, 0.2) is 0 Å². The van der Waals surface area contributed by atoms with E-state index in [1.165, 1.54) is 12.8 Å². The molecule has 2 aliphatic rings. The molecule has 1 saturated heterocycles. The molecule has 92 valence electrons. The van der Waals surface area contributed by atoms with Crippen LogP contribution in [0, 0.1) is 0 Å². The van der Waals surface area contributed by atoms with E-state index < -0.39 is 0 Å². The Labute approximate surface area is 97.3 Å². The fourth-order valence-corrected chi connectivity index (χ4v) is 2.51. The zero-order valence-electron chi connectivity index (χ0n) is 10.1. The normalized spacial score (nSPS) is 24.7. The van der Waals surface area contributed by atoms with Crippen LogP contribution in [0.4, 0.5) is 0 Å². The molecule has 16 heavy (non-hydrogen) atoms. The first-order chi connectivity index (χ1) is 7.77. The number of hydrogen-bond acceptors (Lipinski definition) is 3. The van der Waals surface area contributed by atoms with E-state index in [4.69, 9.17) is 4.74 Å². The van der Waals surface area contributed by atoms with Gasteiger partial charge in [0, 0.05) is 26.2 Å². The highest BCUT2D eigenvalue weighted by Gasteiger charge is 2.26. The molecular formula is C12H22N2O2. The summed E-state index contributed by atoms with van der Waals surface area (Å²) in [5, 5.41) is 3.25. The van der Waals surface area contributed by atoms with Gasteiger partial charge in [-0.15, -0.1) is 0 Å². The molecule has 0 radical (unpaired) electrons. The second-order valence-electron chi connectivity index (χ2n) is 4.76. The Hall–Kier alpha value is -0.610. The number of ether oxygens (including phenoxy) is 1. The monoisotopic (exact) mass is 226 g/mol. The van der Waals surface area contributed by atoms with Crippen LogP contribution in [0.15, 0.2) is 0 Å². The lowest BCUT2D eigenvalue weighted by Crippen LogP contribution is -2.50. The maximum Gasteiger partial charge on any atom is 0.251 e. The third kappa shape index (κ3) is 2.95. The standard InChI is InChI=1S/C12H22N2O2/c1-10(16-11-4-2-3-5-11)12(15)14-8-6-13-7-9-14/h10-11,13H,2-9H2,1H3. The summed E-state index contributed by atoms with van der Waals surface area (Å²) < 4.78 is 5.81. The summed E-state index contributed by atoms with van der Waals surface area (Å²) in [7, 11) is 0. The van der Waals surface area contributed by atoms with Crippen LogP contribution in [0.1, 0.15) is 32.6 Å². The highest BCUT2D eigenvalue weighted by atomic mass is 16.5. The largest absolute Gasteiger partial charge is 0.365 e. The highest BCUT2D eigenvalue weighted by Crippen LogP contribution is 2.22. The zero-order chi connectivity index (χ0) is 11.4. The van der Waals surface area contributed by atoms with E-state index in [1.807, 2.05) is 11.8 Å². The molecule has 1 unspecified atom stereocenters. The van der Waals surface area contributed by atoms with Crippen LogP contribution in [0.3, 0.4) is 0 Å². The molecule has 2 rings (SSSR count). The molecule has 1 saturated carbocycles. The maximum atomic E-state index is 12.1. The molecule has 0 bridgehead atoms. The van der Waals surface area contributed by atoms with E-state index in [1.54, 1.807) is 0 Å². The fraction of sp³-hybridized carbons (Fsp3) is 0.917. The zero-order valence-corrected chi connectivity index (χ0v) is 10.1. The van der Waals surface area contributed by atoms with Crippen LogP contribution < -0.4 is 5.32 Å². The average molecular weight is 226 g/mol. The Morgan fingerprint density at radius 1 is 1.31 bits per heavy atom. The third-order valence-corrected chi connectivity index (χ3v) is 3.48. The van der Waals surface area contributed by atoms with Crippen LogP contribution in [-0.4, -0.2) is 49.2 Å². The van der Waals surface area contributed by atoms with E-state index in [9.17, 15) is 4.79 Å². The van der Waals surface area contributed by atoms with Gasteiger partial charge >= 0.3 is 0 Å². The topological polar surface area (TPSA) is 41.6 Å². The van der Waals surface area contributed by atoms with Gasteiger partial charge in [0.2, 0.25) is 0 Å². The first kappa shape index (κ1) is 11.9. The quantitative estimate of drug-likeness (QED) is 0.772. The van der Waals surface area contributed by atoms with Gasteiger partial charge in [0.05, 0.1) is 6.10 Å². The summed E-state index contributed by atoms with van der Waals surface area (Å²) in [6.07, 6.45) is 4.81. The fourth-order valence-electron chi connectivity index (χ4n) is 2.51. The molecule has 1 amide bonds. The molecule has 1 atom stereocenters. The predicted octanol–water partition coefficient (Wildman–Crippen LogP) is 0.766. The highest BCUT2D eigenvalue weighted by molar-refractivity contribution is 5.80. The Morgan fingerprint density at radius 3 is 2.56 bits per heavy atom. The van der Waals surface area contributed by atoms with Crippen LogP contribution >= 0.6 is 0 Å². The van der Waals surface area contributed by atoms with Crippen molar-refractivity contribution in [3.8, 4) is 0 Å². The van der Waals surface area contributed by atoms with Crippen molar-refractivity contribution in [2.45, 2.75) is 44.8 Å². The lowest BCUT2D eigenvalue weighted by atomic mass is 10.2. The minimum Gasteiger partial charge on any atom is -0.365 e. The summed E-state index contributed by atoms with van der Waals surface area (Å²) in [6.45, 7) is 5.33. The van der Waals surface area contributed by atoms with Gasteiger partial charge in [-0.3, -0.25) is 4.79 Å². The van der Waals surface area contributed by atoms with Crippen molar-refractivity contribution in [3.63, 3.8) is 0 Å². The van der Waals surface area contributed by atoms with Crippen LogP contribution in [0.2, 0.25) is 0 Å². The van der Waals surface area contributed by atoms with Gasteiger partial charge in [-0.05, 0) is 19.8 Å². The summed E-state index contributed by atoms with van der Waals surface area (Å²) in [4.78, 5) is 14.0. The molecule has 1 aliphatic heterocycles. The van der Waals surface area contributed by atoms with Gasteiger partial charge in [-0.2, -0.15) is 0 Å². The SMILES string of the molecule is CC(OC1CCCC1)C(=O)N1CCNCC1. The number of piperazine rings is 1. The van der Waals surface area contributed by atoms with Gasteiger partial charge in [-0.1, -0.05) is 12.8 Å². The molecule has 2 fully saturated rings. The summed E-state index contributed by atoms with van der Waals surface area (Å²) >= 11 is 0. The number of amides is 1. The summed E-state index contributed by atoms with van der Waals surface area (Å²) in [6, 6.07) is 0. The van der Waals surface area contributed by atoms with Crippen LogP contribution in [0.25, 0.3) is 0 Å². The minimum absolute atomic E-state index is 0.161. The number of carbonyl (C=O) groups is 1. The minimum atomic E-state index is -0.263. The smallest absolute Gasteiger partial charge is 0.251 e. The van der Waals surface area contributed by atoms with Crippen molar-refractivity contribution in [3.05, 3.63) is 0 Å². The molecule has 0 aromatic carbocycles. The molecule has 1 heterocycles. The van der Waals surface area contributed by atoms with Gasteiger partial charge in [0.1, 0.15) is 6.10 Å². The van der Waals surface area contributed by atoms with E-state index in [-0.39, 0.29) is 12.0 Å². The number of nitrogens with zero attached hydrogens (tertiary/aromatic N) is 1. The van der Waals surface area contributed by atoms with Gasteiger partial charge in [-0.25, -0.2) is 0 Å². The summed E-state index contributed by atoms with van der Waals surface area (Å²) in [5.41, 5.74) is 0. The first-order valence-corrected chi connectivity index (χ1v) is 6.42. The molecule has 0 aromatic heterocycles. The Balaban J connectivity index is 1.78. The number of carbonyl (C=O) groups excluding carboxylic acids is 1. The van der Waals surface area contributed by atoms with E-state index in [2.05, 4.69) is 5.32 Å². The van der Waals surface area contributed by atoms with Crippen molar-refractivity contribution < 1.29 is 9.53 Å². The second-order valence-corrected chi connectivity index (χ2v) is 4.76. The third-order valence-electron chi connectivity index (χ3n) is 3.48. The number of nitrogens with one attached hydrogen (secondary N) is 1. The predicted molar refractivity (Wildman–Crippen MR) is 62.3 cm³/mol. The average Bonchev–Trinajstić information content (AvgIpc) is 2.82. The van der Waals surface area contributed by atoms with Gasteiger partial charge in [0.25, 0.3) is 5.91 Å². The Morgan fingerprint density at radius 2 is 1.94 bits per heavy atom. The second kappa shape index (κ2) is 5.64. The van der Waals surface area contributed by atoms with E-state index in [0.29, 0.717) is 6.10 Å². The molecule has 1 aliphatic carbocycles. The Kier molecular flexibility index (Phi) is 4.18. The number of hydrogen-bond donors (Lipinski definition) is 1. The lowest BCUT2D eigenvalue weighted by Gasteiger charge is -2.30. The van der Waals surface area contributed by atoms with E-state index in [0.717, 1.165) is 39.0 Å². The van der Waals surface area contributed by atoms with E-state index >= 15 is 0 Å². The van der Waals surface area contributed by atoms with Crippen LogP contribution in [-0.2, 0) is 9.53 Å². The van der Waals surface area contributed by atoms with Crippen molar-refractivity contribution >= 4 is 5.91 Å². The van der Waals surface area contributed by atoms with Crippen molar-refractivity contribution in [1.82, 2.24) is 10.2 Å². The summed E-state index contributed by atoms with van der Waals surface area (Å²) in [5.74, 6) is 0.161. The van der Waals surface area contributed by atoms with Crippen molar-refractivity contribution in [2.24, 2.45) is 0 Å². The first-order valence-electron chi connectivity index (χ1n) is 6.42. The molecule has 4 nitrogen and oxygen atoms in total. The molecule has 4 heteroatoms. The van der Waals surface area contributed by atoms with Crippen LogP contribution in [0.5, 0.6) is 0 Å². The Bertz CT molecular complexity index is 233. The molecule has 0 spiro atoms. The number of rotatable bonds is 3.